The first-order valence-corrected chi connectivity index (χ1v) is 8.20. The predicted molar refractivity (Wildman–Crippen MR) is 99.5 cm³/mol. The Morgan fingerprint density at radius 1 is 1.20 bits per heavy atom. The van der Waals surface area contributed by atoms with Crippen molar-refractivity contribution >= 4 is 21.9 Å². The molecule has 25 heavy (non-hydrogen) atoms. The summed E-state index contributed by atoms with van der Waals surface area (Å²) in [4.78, 5) is 12.7. The Morgan fingerprint density at radius 2 is 2.00 bits per heavy atom. The van der Waals surface area contributed by atoms with Gasteiger partial charge in [0.25, 0.3) is 0 Å². The van der Waals surface area contributed by atoms with E-state index >= 15 is 0 Å². The van der Waals surface area contributed by atoms with Crippen LogP contribution in [-0.2, 0) is 7.05 Å². The van der Waals surface area contributed by atoms with Crippen LogP contribution >= 0.6 is 0 Å². The summed E-state index contributed by atoms with van der Waals surface area (Å²) in [5.41, 5.74) is 10.2. The lowest BCUT2D eigenvalue weighted by Crippen LogP contribution is -2.09. The number of hydrogen-bond acceptors (Lipinski definition) is 4. The van der Waals surface area contributed by atoms with Crippen LogP contribution in [0.4, 0.5) is 0 Å². The van der Waals surface area contributed by atoms with Gasteiger partial charge in [-0.3, -0.25) is 9.48 Å². The van der Waals surface area contributed by atoms with E-state index in [9.17, 15) is 4.79 Å². The molecular formula is C20H19N3O2. The Labute approximate surface area is 144 Å². The van der Waals surface area contributed by atoms with Crippen LogP contribution in [0.3, 0.4) is 0 Å². The van der Waals surface area contributed by atoms with Crippen LogP contribution in [0.15, 0.2) is 51.8 Å². The second-order valence-corrected chi connectivity index (χ2v) is 6.57. The standard InChI is InChI=1S/C20H19N3O2/c1-11-6-15(12(2)21)20-16(7-11)18(24)9-19(25-20)13-4-5-17-14(8-13)10-23(3)22-17/h4-10,12H,21H2,1-3H3/t12-/m1/s1. The average Bonchev–Trinajstić information content (AvgIpc) is 2.93. The van der Waals surface area contributed by atoms with Crippen molar-refractivity contribution in [3.8, 4) is 11.3 Å². The molecule has 0 spiro atoms. The number of fused-ring (bicyclic) bond motifs is 2. The number of nitrogens with two attached hydrogens (primary N) is 1. The van der Waals surface area contributed by atoms with Crippen LogP contribution in [0.2, 0.25) is 0 Å². The van der Waals surface area contributed by atoms with Gasteiger partial charge in [0.1, 0.15) is 11.3 Å². The summed E-state index contributed by atoms with van der Waals surface area (Å²) in [6, 6.07) is 11.0. The van der Waals surface area contributed by atoms with E-state index in [1.54, 1.807) is 10.7 Å². The molecule has 2 N–H and O–H groups in total. The fourth-order valence-corrected chi connectivity index (χ4v) is 3.22. The van der Waals surface area contributed by atoms with E-state index in [4.69, 9.17) is 10.2 Å². The lowest BCUT2D eigenvalue weighted by atomic mass is 10.0. The van der Waals surface area contributed by atoms with Crippen molar-refractivity contribution in [2.24, 2.45) is 12.8 Å². The molecule has 5 nitrogen and oxygen atoms in total. The molecule has 1 atom stereocenters. The van der Waals surface area contributed by atoms with Crippen molar-refractivity contribution in [1.82, 2.24) is 9.78 Å². The maximum Gasteiger partial charge on any atom is 0.193 e. The Hall–Kier alpha value is -2.92. The van der Waals surface area contributed by atoms with Crippen LogP contribution in [0.5, 0.6) is 0 Å². The number of aromatic nitrogens is 2. The molecular weight excluding hydrogens is 314 g/mol. The molecule has 0 bridgehead atoms. The zero-order valence-corrected chi connectivity index (χ0v) is 14.4. The largest absolute Gasteiger partial charge is 0.455 e. The van der Waals surface area contributed by atoms with Crippen LogP contribution in [0.25, 0.3) is 33.2 Å². The van der Waals surface area contributed by atoms with Gasteiger partial charge in [-0.2, -0.15) is 5.10 Å². The minimum Gasteiger partial charge on any atom is -0.455 e. The van der Waals surface area contributed by atoms with Crippen molar-refractivity contribution in [1.29, 1.82) is 0 Å². The molecule has 2 heterocycles. The molecule has 0 aliphatic heterocycles. The van der Waals surface area contributed by atoms with Gasteiger partial charge in [0.15, 0.2) is 5.43 Å². The van der Waals surface area contributed by atoms with Gasteiger partial charge in [-0.1, -0.05) is 6.07 Å². The van der Waals surface area contributed by atoms with Gasteiger partial charge in [0.2, 0.25) is 0 Å². The quantitative estimate of drug-likeness (QED) is 0.607. The minimum absolute atomic E-state index is 0.0619. The van der Waals surface area contributed by atoms with Gasteiger partial charge in [-0.25, -0.2) is 0 Å². The molecule has 4 aromatic rings. The molecule has 0 fully saturated rings. The highest BCUT2D eigenvalue weighted by Crippen LogP contribution is 2.29. The Morgan fingerprint density at radius 3 is 2.76 bits per heavy atom. The summed E-state index contributed by atoms with van der Waals surface area (Å²) in [5.74, 6) is 0.536. The monoisotopic (exact) mass is 333 g/mol. The number of nitrogens with zero attached hydrogens (tertiary/aromatic N) is 2. The van der Waals surface area contributed by atoms with Gasteiger partial charge < -0.3 is 10.2 Å². The fourth-order valence-electron chi connectivity index (χ4n) is 3.22. The normalized spacial score (nSPS) is 12.8. The Bertz CT molecular complexity index is 1170. The predicted octanol–water partition coefficient (Wildman–Crippen LogP) is 3.67. The summed E-state index contributed by atoms with van der Waals surface area (Å²) in [6.07, 6.45) is 1.94. The highest BCUT2D eigenvalue weighted by molar-refractivity contribution is 5.86. The summed E-state index contributed by atoms with van der Waals surface area (Å²) in [6.45, 7) is 3.84. The van der Waals surface area contributed by atoms with E-state index < -0.39 is 0 Å². The molecule has 2 aromatic heterocycles. The van der Waals surface area contributed by atoms with Crippen LogP contribution in [0.1, 0.15) is 24.1 Å². The minimum atomic E-state index is -0.221. The first-order chi connectivity index (χ1) is 11.9. The summed E-state index contributed by atoms with van der Waals surface area (Å²) in [7, 11) is 1.88. The molecule has 0 saturated heterocycles. The number of aryl methyl sites for hydroxylation is 2. The maximum absolute atomic E-state index is 12.7. The summed E-state index contributed by atoms with van der Waals surface area (Å²) in [5, 5.41) is 5.94. The summed E-state index contributed by atoms with van der Waals surface area (Å²) >= 11 is 0. The van der Waals surface area contributed by atoms with Crippen LogP contribution < -0.4 is 11.2 Å². The molecule has 0 amide bonds. The summed E-state index contributed by atoms with van der Waals surface area (Å²) < 4.78 is 7.89. The molecule has 4 rings (SSSR count). The molecule has 0 aliphatic carbocycles. The van der Waals surface area contributed by atoms with E-state index in [1.807, 2.05) is 57.4 Å². The fraction of sp³-hybridized carbons (Fsp3) is 0.200. The Balaban J connectivity index is 1.99. The topological polar surface area (TPSA) is 74.0 Å². The van der Waals surface area contributed by atoms with Gasteiger partial charge in [-0.05, 0) is 43.7 Å². The molecule has 2 aromatic carbocycles. The SMILES string of the molecule is Cc1cc([C@@H](C)N)c2oc(-c3ccc4nn(C)cc4c3)cc(=O)c2c1. The van der Waals surface area contributed by atoms with E-state index in [0.717, 1.165) is 27.6 Å². The average molecular weight is 333 g/mol. The number of benzene rings is 2. The van der Waals surface area contributed by atoms with Crippen LogP contribution in [-0.4, -0.2) is 9.78 Å². The first-order valence-electron chi connectivity index (χ1n) is 8.20. The Kier molecular flexibility index (Phi) is 3.47. The molecule has 126 valence electrons. The molecule has 0 radical (unpaired) electrons. The molecule has 0 unspecified atom stereocenters. The highest BCUT2D eigenvalue weighted by atomic mass is 16.3. The zero-order valence-electron chi connectivity index (χ0n) is 14.4. The van der Waals surface area contributed by atoms with E-state index in [2.05, 4.69) is 5.10 Å². The van der Waals surface area contributed by atoms with Crippen molar-refractivity contribution in [2.75, 3.05) is 0 Å². The van der Waals surface area contributed by atoms with E-state index in [1.165, 1.54) is 0 Å². The highest BCUT2D eigenvalue weighted by Gasteiger charge is 2.14. The molecule has 0 saturated carbocycles. The van der Waals surface area contributed by atoms with Gasteiger partial charge in [0, 0.05) is 41.9 Å². The van der Waals surface area contributed by atoms with Crippen molar-refractivity contribution < 1.29 is 4.42 Å². The van der Waals surface area contributed by atoms with E-state index in [-0.39, 0.29) is 11.5 Å². The smallest absolute Gasteiger partial charge is 0.193 e. The first kappa shape index (κ1) is 15.6. The lowest BCUT2D eigenvalue weighted by molar-refractivity contribution is 0.608. The molecule has 5 heteroatoms. The van der Waals surface area contributed by atoms with Gasteiger partial charge >= 0.3 is 0 Å². The second-order valence-electron chi connectivity index (χ2n) is 6.57. The third-order valence-corrected chi connectivity index (χ3v) is 4.40. The van der Waals surface area contributed by atoms with Gasteiger partial charge in [-0.15, -0.1) is 0 Å². The lowest BCUT2D eigenvalue weighted by Gasteiger charge is -2.11. The number of rotatable bonds is 2. The zero-order chi connectivity index (χ0) is 17.7. The third kappa shape index (κ3) is 2.62. The van der Waals surface area contributed by atoms with Crippen molar-refractivity contribution in [3.63, 3.8) is 0 Å². The number of hydrogen-bond donors (Lipinski definition) is 1. The van der Waals surface area contributed by atoms with Crippen molar-refractivity contribution in [3.05, 3.63) is 63.9 Å². The van der Waals surface area contributed by atoms with Crippen LogP contribution in [0, 0.1) is 6.92 Å². The maximum atomic E-state index is 12.7. The third-order valence-electron chi connectivity index (χ3n) is 4.40. The second kappa shape index (κ2) is 5.57. The van der Waals surface area contributed by atoms with E-state index in [0.29, 0.717) is 16.7 Å². The van der Waals surface area contributed by atoms with Crippen molar-refractivity contribution in [2.45, 2.75) is 19.9 Å². The van der Waals surface area contributed by atoms with Gasteiger partial charge in [0.05, 0.1) is 10.9 Å². The molecule has 0 aliphatic rings.